The highest BCUT2D eigenvalue weighted by atomic mass is 79.9. The molecule has 0 radical (unpaired) electrons. The zero-order valence-electron chi connectivity index (χ0n) is 11.0. The molecule has 0 unspecified atom stereocenters. The van der Waals surface area contributed by atoms with Crippen LogP contribution in [-0.2, 0) is 0 Å². The van der Waals surface area contributed by atoms with Crippen molar-refractivity contribution in [3.63, 3.8) is 0 Å². The highest BCUT2D eigenvalue weighted by Gasteiger charge is 2.24. The van der Waals surface area contributed by atoms with E-state index in [4.69, 9.17) is 9.47 Å². The van der Waals surface area contributed by atoms with Crippen LogP contribution in [0.25, 0.3) is 0 Å². The third kappa shape index (κ3) is 2.99. The number of carbonyl (C=O) groups excluding carboxylic acids is 1. The summed E-state index contributed by atoms with van der Waals surface area (Å²) < 4.78 is 11.9. The molecule has 0 aromatic heterocycles. The van der Waals surface area contributed by atoms with Gasteiger partial charge in [0.1, 0.15) is 18.0 Å². The van der Waals surface area contributed by atoms with E-state index in [0.717, 1.165) is 10.0 Å². The maximum atomic E-state index is 12.5. The largest absolute Gasteiger partial charge is 0.486 e. The smallest absolute Gasteiger partial charge is 0.180 e. The number of fused-ring (bicyclic) bond motifs is 1. The van der Waals surface area contributed by atoms with E-state index in [1.165, 1.54) is 0 Å². The fraction of sp³-hybridized carbons (Fsp3) is 0.188. The normalized spacial score (nSPS) is 14.6. The summed E-state index contributed by atoms with van der Waals surface area (Å²) in [6.45, 7) is 1.06. The van der Waals surface area contributed by atoms with Gasteiger partial charge in [-0.05, 0) is 17.7 Å². The van der Waals surface area contributed by atoms with Crippen molar-refractivity contribution in [2.45, 2.75) is 4.83 Å². The zero-order valence-corrected chi connectivity index (χ0v) is 14.2. The molecule has 3 rings (SSSR count). The van der Waals surface area contributed by atoms with Crippen LogP contribution in [0.2, 0.25) is 0 Å². The molecule has 0 amide bonds. The number of ether oxygens (including phenoxy) is 2. The Bertz CT molecular complexity index is 671. The van der Waals surface area contributed by atoms with Crippen molar-refractivity contribution in [2.24, 2.45) is 0 Å². The summed E-state index contributed by atoms with van der Waals surface area (Å²) in [5, 5.41) is 0. The Morgan fingerprint density at radius 3 is 2.33 bits per heavy atom. The minimum atomic E-state index is -0.440. The minimum absolute atomic E-state index is 0.00739. The number of halogens is 2. The molecule has 1 atom stereocenters. The third-order valence-electron chi connectivity index (χ3n) is 3.22. The number of benzene rings is 2. The van der Waals surface area contributed by atoms with Crippen LogP contribution >= 0.6 is 31.9 Å². The second-order valence-corrected chi connectivity index (χ2v) is 6.38. The van der Waals surface area contributed by atoms with E-state index >= 15 is 0 Å². The lowest BCUT2D eigenvalue weighted by Crippen LogP contribution is -2.16. The van der Waals surface area contributed by atoms with Gasteiger partial charge in [0.05, 0.1) is 0 Å². The van der Waals surface area contributed by atoms with Gasteiger partial charge in [-0.15, -0.1) is 0 Å². The van der Waals surface area contributed by atoms with E-state index in [9.17, 15) is 4.79 Å². The summed E-state index contributed by atoms with van der Waals surface area (Å²) in [4.78, 5) is 12.1. The molecule has 2 aromatic rings. The van der Waals surface area contributed by atoms with Gasteiger partial charge in [-0.3, -0.25) is 4.79 Å². The first-order valence-corrected chi connectivity index (χ1v) is 8.20. The highest BCUT2D eigenvalue weighted by molar-refractivity contribution is 9.11. The molecule has 0 spiro atoms. The standard InChI is InChI=1S/C16H12Br2O3/c17-12-9-14-13(20-6-7-21-14)8-11(12)15(18)16(19)10-4-2-1-3-5-10/h1-5,8-9,15H,6-7H2/t15-/m0/s1. The van der Waals surface area contributed by atoms with Crippen molar-refractivity contribution in [1.82, 2.24) is 0 Å². The molecule has 108 valence electrons. The van der Waals surface area contributed by atoms with Gasteiger partial charge < -0.3 is 9.47 Å². The number of hydrogen-bond acceptors (Lipinski definition) is 3. The third-order valence-corrected chi connectivity index (χ3v) is 4.82. The minimum Gasteiger partial charge on any atom is -0.486 e. The first-order valence-electron chi connectivity index (χ1n) is 6.49. The van der Waals surface area contributed by atoms with Crippen molar-refractivity contribution >= 4 is 37.6 Å². The van der Waals surface area contributed by atoms with Gasteiger partial charge in [0, 0.05) is 10.0 Å². The van der Waals surface area contributed by atoms with Crippen molar-refractivity contribution in [3.05, 3.63) is 58.1 Å². The van der Waals surface area contributed by atoms with Gasteiger partial charge >= 0.3 is 0 Å². The molecule has 1 aliphatic rings. The van der Waals surface area contributed by atoms with Gasteiger partial charge in [0.25, 0.3) is 0 Å². The van der Waals surface area contributed by atoms with E-state index in [1.807, 2.05) is 42.5 Å². The van der Waals surface area contributed by atoms with E-state index in [1.54, 1.807) is 0 Å². The average molecular weight is 412 g/mol. The van der Waals surface area contributed by atoms with Crippen molar-refractivity contribution in [3.8, 4) is 11.5 Å². The van der Waals surface area contributed by atoms with Crippen LogP contribution in [-0.4, -0.2) is 19.0 Å². The Labute approximate surface area is 139 Å². The Balaban J connectivity index is 1.94. The molecule has 0 fully saturated rings. The molecule has 0 N–H and O–H groups in total. The first kappa shape index (κ1) is 14.6. The van der Waals surface area contributed by atoms with E-state index < -0.39 is 4.83 Å². The van der Waals surface area contributed by atoms with Crippen LogP contribution in [0.4, 0.5) is 0 Å². The Kier molecular flexibility index (Phi) is 4.31. The summed E-state index contributed by atoms with van der Waals surface area (Å²) in [5.41, 5.74) is 1.49. The Morgan fingerprint density at radius 2 is 1.67 bits per heavy atom. The fourth-order valence-corrected chi connectivity index (χ4v) is 3.67. The maximum absolute atomic E-state index is 12.5. The van der Waals surface area contributed by atoms with Gasteiger partial charge in [-0.2, -0.15) is 0 Å². The molecule has 0 aliphatic carbocycles. The molecule has 1 heterocycles. The molecular weight excluding hydrogens is 400 g/mol. The highest BCUT2D eigenvalue weighted by Crippen LogP contribution is 2.41. The fourth-order valence-electron chi connectivity index (χ4n) is 2.16. The predicted octanol–water partition coefficient (Wildman–Crippen LogP) is 4.54. The SMILES string of the molecule is O=C(c1ccccc1)[C@@H](Br)c1cc2c(cc1Br)OCCO2. The van der Waals surface area contributed by atoms with Crippen molar-refractivity contribution in [2.75, 3.05) is 13.2 Å². The van der Waals surface area contributed by atoms with Crippen LogP contribution in [0.1, 0.15) is 20.7 Å². The molecule has 0 saturated carbocycles. The van der Waals surface area contributed by atoms with Crippen LogP contribution in [0.15, 0.2) is 46.9 Å². The second kappa shape index (κ2) is 6.20. The van der Waals surface area contributed by atoms with Gasteiger partial charge in [0.2, 0.25) is 0 Å². The summed E-state index contributed by atoms with van der Waals surface area (Å²) in [6.07, 6.45) is 0. The summed E-state index contributed by atoms with van der Waals surface area (Å²) in [7, 11) is 0. The molecule has 0 saturated heterocycles. The molecule has 1 aliphatic heterocycles. The van der Waals surface area contributed by atoms with Crippen molar-refractivity contribution < 1.29 is 14.3 Å². The van der Waals surface area contributed by atoms with Crippen molar-refractivity contribution in [1.29, 1.82) is 0 Å². The molecule has 0 bridgehead atoms. The van der Waals surface area contributed by atoms with Crippen LogP contribution in [0.5, 0.6) is 11.5 Å². The van der Waals surface area contributed by atoms with Gasteiger partial charge in [0.15, 0.2) is 17.3 Å². The second-order valence-electron chi connectivity index (χ2n) is 4.61. The van der Waals surface area contributed by atoms with Gasteiger partial charge in [-0.25, -0.2) is 0 Å². The number of rotatable bonds is 3. The topological polar surface area (TPSA) is 35.5 Å². The van der Waals surface area contributed by atoms with Crippen LogP contribution < -0.4 is 9.47 Å². The Morgan fingerprint density at radius 1 is 1.05 bits per heavy atom. The Hall–Kier alpha value is -1.33. The number of alkyl halides is 1. The van der Waals surface area contributed by atoms with Crippen LogP contribution in [0.3, 0.4) is 0 Å². The number of hydrogen-bond donors (Lipinski definition) is 0. The predicted molar refractivity (Wildman–Crippen MR) is 87.6 cm³/mol. The average Bonchev–Trinajstić information content (AvgIpc) is 2.53. The summed E-state index contributed by atoms with van der Waals surface area (Å²) in [5.74, 6) is 1.38. The van der Waals surface area contributed by atoms with E-state index in [0.29, 0.717) is 30.3 Å². The van der Waals surface area contributed by atoms with Gasteiger partial charge in [-0.1, -0.05) is 62.2 Å². The molecule has 21 heavy (non-hydrogen) atoms. The van der Waals surface area contributed by atoms with E-state index in [-0.39, 0.29) is 5.78 Å². The zero-order chi connectivity index (χ0) is 14.8. The molecular formula is C16H12Br2O3. The quantitative estimate of drug-likeness (QED) is 0.549. The molecule has 5 heteroatoms. The maximum Gasteiger partial charge on any atom is 0.180 e. The molecule has 3 nitrogen and oxygen atoms in total. The lowest BCUT2D eigenvalue weighted by atomic mass is 10.0. The lowest BCUT2D eigenvalue weighted by Gasteiger charge is -2.21. The number of Topliss-reactive ketones (excluding diaryl/α,β-unsaturated/α-hetero) is 1. The van der Waals surface area contributed by atoms with Crippen LogP contribution in [0, 0.1) is 0 Å². The summed E-state index contributed by atoms with van der Waals surface area (Å²) >= 11 is 6.99. The molecule has 2 aromatic carbocycles. The first-order chi connectivity index (χ1) is 10.2. The lowest BCUT2D eigenvalue weighted by molar-refractivity contribution is 0.0991. The monoisotopic (exact) mass is 410 g/mol. The number of carbonyl (C=O) groups is 1. The summed E-state index contributed by atoms with van der Waals surface area (Å²) in [6, 6.07) is 12.9. The van der Waals surface area contributed by atoms with E-state index in [2.05, 4.69) is 31.9 Å². The number of ketones is 1.